The van der Waals surface area contributed by atoms with Crippen LogP contribution in [-0.4, -0.2) is 15.6 Å². The first-order chi connectivity index (χ1) is 9.78. The molecule has 1 aliphatic carbocycles. The quantitative estimate of drug-likeness (QED) is 0.871. The summed E-state index contributed by atoms with van der Waals surface area (Å²) in [7, 11) is 0. The molecule has 1 aromatic carbocycles. The predicted octanol–water partition coefficient (Wildman–Crippen LogP) is 3.39. The SMILES string of the molecule is CCCc1nccn1-c1ccc(C)cc1CNC1CC1. The van der Waals surface area contributed by atoms with Crippen LogP contribution in [0.5, 0.6) is 0 Å². The van der Waals surface area contributed by atoms with E-state index in [0.717, 1.165) is 31.3 Å². The molecule has 0 amide bonds. The second-order valence-electron chi connectivity index (χ2n) is 5.75. The standard InChI is InChI=1S/C17H23N3/c1-3-4-17-18-9-10-20(17)16-8-5-13(2)11-14(16)12-19-15-6-7-15/h5,8-11,15,19H,3-4,6-7,12H2,1-2H3. The minimum atomic E-state index is 0.737. The van der Waals surface area contributed by atoms with Crippen LogP contribution in [0.1, 0.15) is 43.1 Å². The van der Waals surface area contributed by atoms with Crippen molar-refractivity contribution < 1.29 is 0 Å². The molecule has 3 rings (SSSR count). The Bertz CT molecular complexity index is 582. The Morgan fingerprint density at radius 1 is 1.35 bits per heavy atom. The van der Waals surface area contributed by atoms with Crippen molar-refractivity contribution in [2.75, 3.05) is 0 Å². The van der Waals surface area contributed by atoms with E-state index in [4.69, 9.17) is 0 Å². The summed E-state index contributed by atoms with van der Waals surface area (Å²) >= 11 is 0. The summed E-state index contributed by atoms with van der Waals surface area (Å²) in [6.07, 6.45) is 8.79. The average molecular weight is 269 g/mol. The minimum Gasteiger partial charge on any atom is -0.310 e. The van der Waals surface area contributed by atoms with Gasteiger partial charge in [-0.05, 0) is 37.8 Å². The van der Waals surface area contributed by atoms with E-state index in [1.807, 2.05) is 6.20 Å². The van der Waals surface area contributed by atoms with Gasteiger partial charge in [-0.1, -0.05) is 24.6 Å². The molecule has 3 nitrogen and oxygen atoms in total. The van der Waals surface area contributed by atoms with Gasteiger partial charge in [-0.3, -0.25) is 0 Å². The van der Waals surface area contributed by atoms with Crippen LogP contribution in [0.3, 0.4) is 0 Å². The van der Waals surface area contributed by atoms with Gasteiger partial charge < -0.3 is 9.88 Å². The van der Waals surface area contributed by atoms with Crippen LogP contribution in [-0.2, 0) is 13.0 Å². The highest BCUT2D eigenvalue weighted by Gasteiger charge is 2.20. The molecule has 0 radical (unpaired) electrons. The predicted molar refractivity (Wildman–Crippen MR) is 82.2 cm³/mol. The van der Waals surface area contributed by atoms with Crippen LogP contribution in [0, 0.1) is 6.92 Å². The monoisotopic (exact) mass is 269 g/mol. The van der Waals surface area contributed by atoms with Crippen LogP contribution in [0.2, 0.25) is 0 Å². The van der Waals surface area contributed by atoms with E-state index >= 15 is 0 Å². The van der Waals surface area contributed by atoms with Gasteiger partial charge in [-0.2, -0.15) is 0 Å². The van der Waals surface area contributed by atoms with Crippen LogP contribution in [0.4, 0.5) is 0 Å². The minimum absolute atomic E-state index is 0.737. The molecule has 0 aliphatic heterocycles. The Hall–Kier alpha value is -1.61. The first-order valence-corrected chi connectivity index (χ1v) is 7.63. The molecule has 1 aliphatic rings. The zero-order chi connectivity index (χ0) is 13.9. The van der Waals surface area contributed by atoms with Crippen molar-refractivity contribution in [1.29, 1.82) is 0 Å². The van der Waals surface area contributed by atoms with E-state index in [-0.39, 0.29) is 0 Å². The molecule has 0 atom stereocenters. The molecular weight excluding hydrogens is 246 g/mol. The molecule has 3 heteroatoms. The summed E-state index contributed by atoms with van der Waals surface area (Å²) < 4.78 is 2.24. The maximum absolute atomic E-state index is 4.50. The summed E-state index contributed by atoms with van der Waals surface area (Å²) in [6, 6.07) is 7.44. The first-order valence-electron chi connectivity index (χ1n) is 7.63. The second-order valence-corrected chi connectivity index (χ2v) is 5.75. The fraction of sp³-hybridized carbons (Fsp3) is 0.471. The van der Waals surface area contributed by atoms with E-state index in [0.29, 0.717) is 0 Å². The van der Waals surface area contributed by atoms with Gasteiger partial charge in [0.25, 0.3) is 0 Å². The zero-order valence-corrected chi connectivity index (χ0v) is 12.4. The number of aromatic nitrogens is 2. The second kappa shape index (κ2) is 5.80. The number of hydrogen-bond donors (Lipinski definition) is 1. The number of aryl methyl sites for hydroxylation is 2. The average Bonchev–Trinajstić information content (AvgIpc) is 3.16. The molecular formula is C17H23N3. The summed E-state index contributed by atoms with van der Waals surface area (Å²) in [5.74, 6) is 1.16. The molecule has 1 aromatic heterocycles. The molecule has 1 N–H and O–H groups in total. The van der Waals surface area contributed by atoms with Gasteiger partial charge in [0.2, 0.25) is 0 Å². The lowest BCUT2D eigenvalue weighted by Crippen LogP contribution is -2.17. The topological polar surface area (TPSA) is 29.9 Å². The number of nitrogens with zero attached hydrogens (tertiary/aromatic N) is 2. The third-order valence-electron chi connectivity index (χ3n) is 3.84. The molecule has 1 saturated carbocycles. The van der Waals surface area contributed by atoms with E-state index < -0.39 is 0 Å². The number of hydrogen-bond acceptors (Lipinski definition) is 2. The molecule has 0 bridgehead atoms. The van der Waals surface area contributed by atoms with Crippen molar-refractivity contribution in [3.8, 4) is 5.69 Å². The molecule has 20 heavy (non-hydrogen) atoms. The molecule has 0 saturated heterocycles. The number of imidazole rings is 1. The van der Waals surface area contributed by atoms with Crippen LogP contribution < -0.4 is 5.32 Å². The Labute approximate surface area is 121 Å². The Morgan fingerprint density at radius 3 is 2.95 bits per heavy atom. The third kappa shape index (κ3) is 2.93. The molecule has 106 valence electrons. The van der Waals surface area contributed by atoms with Gasteiger partial charge in [0.15, 0.2) is 0 Å². The summed E-state index contributed by atoms with van der Waals surface area (Å²) in [5.41, 5.74) is 3.95. The van der Waals surface area contributed by atoms with Gasteiger partial charge in [0, 0.05) is 31.4 Å². The summed E-state index contributed by atoms with van der Waals surface area (Å²) in [5, 5.41) is 3.62. The van der Waals surface area contributed by atoms with Crippen molar-refractivity contribution in [2.45, 2.75) is 52.1 Å². The number of nitrogens with one attached hydrogen (secondary N) is 1. The fourth-order valence-corrected chi connectivity index (χ4v) is 2.59. The summed E-state index contributed by atoms with van der Waals surface area (Å²) in [6.45, 7) is 5.31. The van der Waals surface area contributed by atoms with Crippen LogP contribution >= 0.6 is 0 Å². The van der Waals surface area contributed by atoms with E-state index in [1.54, 1.807) is 0 Å². The maximum Gasteiger partial charge on any atom is 0.113 e. The number of benzene rings is 1. The summed E-state index contributed by atoms with van der Waals surface area (Å²) in [4.78, 5) is 4.50. The molecule has 2 aromatic rings. The first kappa shape index (κ1) is 13.4. The van der Waals surface area contributed by atoms with Crippen molar-refractivity contribution >= 4 is 0 Å². The normalized spacial score (nSPS) is 14.7. The Balaban J connectivity index is 1.91. The maximum atomic E-state index is 4.50. The van der Waals surface area contributed by atoms with Crippen LogP contribution in [0.15, 0.2) is 30.6 Å². The zero-order valence-electron chi connectivity index (χ0n) is 12.4. The lowest BCUT2D eigenvalue weighted by molar-refractivity contribution is 0.682. The van der Waals surface area contributed by atoms with E-state index in [1.165, 1.54) is 29.7 Å². The van der Waals surface area contributed by atoms with Crippen LogP contribution in [0.25, 0.3) is 5.69 Å². The van der Waals surface area contributed by atoms with E-state index in [2.05, 4.69) is 53.1 Å². The smallest absolute Gasteiger partial charge is 0.113 e. The van der Waals surface area contributed by atoms with Crippen molar-refractivity contribution in [3.05, 3.63) is 47.5 Å². The Kier molecular flexibility index (Phi) is 3.88. The molecule has 0 spiro atoms. The molecule has 1 heterocycles. The van der Waals surface area contributed by atoms with Gasteiger partial charge >= 0.3 is 0 Å². The lowest BCUT2D eigenvalue weighted by Gasteiger charge is -2.14. The van der Waals surface area contributed by atoms with Crippen molar-refractivity contribution in [3.63, 3.8) is 0 Å². The third-order valence-corrected chi connectivity index (χ3v) is 3.84. The van der Waals surface area contributed by atoms with Gasteiger partial charge in [0.05, 0.1) is 5.69 Å². The highest BCUT2D eigenvalue weighted by Crippen LogP contribution is 2.22. The molecule has 1 fully saturated rings. The number of rotatable bonds is 6. The van der Waals surface area contributed by atoms with Gasteiger partial charge in [-0.15, -0.1) is 0 Å². The van der Waals surface area contributed by atoms with Crippen molar-refractivity contribution in [1.82, 2.24) is 14.9 Å². The largest absolute Gasteiger partial charge is 0.310 e. The Morgan fingerprint density at radius 2 is 2.20 bits per heavy atom. The lowest BCUT2D eigenvalue weighted by atomic mass is 10.1. The fourth-order valence-electron chi connectivity index (χ4n) is 2.59. The van der Waals surface area contributed by atoms with E-state index in [9.17, 15) is 0 Å². The van der Waals surface area contributed by atoms with Gasteiger partial charge in [-0.25, -0.2) is 4.98 Å². The van der Waals surface area contributed by atoms with Gasteiger partial charge in [0.1, 0.15) is 5.82 Å². The molecule has 0 unspecified atom stereocenters. The van der Waals surface area contributed by atoms with Crippen molar-refractivity contribution in [2.24, 2.45) is 0 Å². The highest BCUT2D eigenvalue weighted by atomic mass is 15.1. The highest BCUT2D eigenvalue weighted by molar-refractivity contribution is 5.44.